The zero-order valence-electron chi connectivity index (χ0n) is 26.6. The predicted octanol–water partition coefficient (Wildman–Crippen LogP) is 6.95. The summed E-state index contributed by atoms with van der Waals surface area (Å²) in [6.07, 6.45) is -2.18. The number of carboxylic acids is 1. The lowest BCUT2D eigenvalue weighted by Gasteiger charge is -2.25. The van der Waals surface area contributed by atoms with Gasteiger partial charge in [-0.25, -0.2) is 4.79 Å². The van der Waals surface area contributed by atoms with Crippen molar-refractivity contribution in [1.82, 2.24) is 0 Å². The first kappa shape index (κ1) is 34.0. The van der Waals surface area contributed by atoms with Crippen molar-refractivity contribution < 1.29 is 33.8 Å². The molecule has 0 spiro atoms. The number of ether oxygens (including phenoxy) is 2. The van der Waals surface area contributed by atoms with Crippen LogP contribution in [0.1, 0.15) is 41.7 Å². The molecule has 0 aliphatic carbocycles. The Bertz CT molecular complexity index is 1860. The average molecular weight is 671 g/mol. The molecule has 1 aliphatic rings. The Hall–Kier alpha value is -5.39. The van der Waals surface area contributed by atoms with Gasteiger partial charge in [-0.1, -0.05) is 54.1 Å². The Morgan fingerprint density at radius 2 is 1.67 bits per heavy atom. The van der Waals surface area contributed by atoms with Gasteiger partial charge in [0.15, 0.2) is 0 Å². The fourth-order valence-corrected chi connectivity index (χ4v) is 5.65. The van der Waals surface area contributed by atoms with Gasteiger partial charge in [0.25, 0.3) is 5.91 Å². The summed E-state index contributed by atoms with van der Waals surface area (Å²) in [6.45, 7) is 3.69. The van der Waals surface area contributed by atoms with Crippen LogP contribution >= 0.6 is 11.6 Å². The number of halogens is 1. The molecule has 0 radical (unpaired) electrons. The molecule has 1 aliphatic heterocycles. The Morgan fingerprint density at radius 1 is 0.938 bits per heavy atom. The van der Waals surface area contributed by atoms with Crippen LogP contribution in [0.5, 0.6) is 5.75 Å². The van der Waals surface area contributed by atoms with Crippen molar-refractivity contribution in [3.05, 3.63) is 112 Å². The minimum absolute atomic E-state index is 0.00802. The molecule has 4 N–H and O–H groups in total. The van der Waals surface area contributed by atoms with E-state index in [1.54, 1.807) is 61.5 Å². The number of carbonyl (C=O) groups is 4. The van der Waals surface area contributed by atoms with Gasteiger partial charge < -0.3 is 35.4 Å². The second kappa shape index (κ2) is 15.0. The number of aliphatic carboxylic acids is 1. The van der Waals surface area contributed by atoms with E-state index in [0.29, 0.717) is 44.6 Å². The van der Waals surface area contributed by atoms with Crippen molar-refractivity contribution >= 4 is 58.2 Å². The fourth-order valence-electron chi connectivity index (χ4n) is 5.48. The molecule has 2 atom stereocenters. The number of amides is 4. The number of hydrogen-bond acceptors (Lipinski definition) is 6. The maximum absolute atomic E-state index is 13.6. The molecule has 0 aromatic heterocycles. The second-order valence-corrected chi connectivity index (χ2v) is 11.7. The summed E-state index contributed by atoms with van der Waals surface area (Å²) in [6, 6.07) is 24.2. The van der Waals surface area contributed by atoms with Crippen molar-refractivity contribution in [3.8, 4) is 5.75 Å². The number of para-hydroxylation sites is 2. The molecule has 11 nitrogen and oxygen atoms in total. The zero-order chi connectivity index (χ0) is 34.4. The number of fused-ring (bicyclic) bond motifs is 1. The summed E-state index contributed by atoms with van der Waals surface area (Å²) in [7, 11) is 1.48. The van der Waals surface area contributed by atoms with E-state index in [-0.39, 0.29) is 18.9 Å². The van der Waals surface area contributed by atoms with Gasteiger partial charge in [0.1, 0.15) is 11.9 Å². The molecule has 4 amide bonds. The molecule has 48 heavy (non-hydrogen) atoms. The van der Waals surface area contributed by atoms with Gasteiger partial charge in [-0.2, -0.15) is 0 Å². The summed E-state index contributed by atoms with van der Waals surface area (Å²) < 4.78 is 11.3. The number of carbonyl (C=O) groups excluding carboxylic acids is 3. The largest absolute Gasteiger partial charge is 0.495 e. The van der Waals surface area contributed by atoms with Crippen molar-refractivity contribution in [3.63, 3.8) is 0 Å². The van der Waals surface area contributed by atoms with Crippen LogP contribution in [0.3, 0.4) is 0 Å². The summed E-state index contributed by atoms with van der Waals surface area (Å²) in [5.74, 6) is -1.58. The number of rotatable bonds is 10. The normalized spacial score (nSPS) is 15.6. The number of aryl methyl sites for hydroxylation is 1. The number of benzene rings is 4. The molecule has 5 rings (SSSR count). The highest BCUT2D eigenvalue weighted by Crippen LogP contribution is 2.36. The van der Waals surface area contributed by atoms with E-state index < -0.39 is 36.5 Å². The quantitative estimate of drug-likeness (QED) is 0.143. The number of methoxy groups -OCH3 is 1. The SMILES string of the molecule is COc1cc(CC(=O)Nc2ccc(Cl)c(CN3C(=O)C(CC(=O)O)OC(C)c4ccccc43)c2)ccc1NC(=O)Nc1ccccc1C. The van der Waals surface area contributed by atoms with Gasteiger partial charge in [0.2, 0.25) is 5.91 Å². The van der Waals surface area contributed by atoms with Crippen LogP contribution in [0.25, 0.3) is 0 Å². The minimum Gasteiger partial charge on any atom is -0.495 e. The van der Waals surface area contributed by atoms with Gasteiger partial charge in [-0.15, -0.1) is 0 Å². The van der Waals surface area contributed by atoms with E-state index in [4.69, 9.17) is 21.1 Å². The Kier molecular flexibility index (Phi) is 10.6. The Balaban J connectivity index is 1.28. The maximum atomic E-state index is 13.6. The Morgan fingerprint density at radius 3 is 2.42 bits per heavy atom. The van der Waals surface area contributed by atoms with Gasteiger partial charge in [-0.05, 0) is 73.0 Å². The lowest BCUT2D eigenvalue weighted by Crippen LogP contribution is -2.40. The van der Waals surface area contributed by atoms with E-state index in [2.05, 4.69) is 16.0 Å². The number of anilines is 4. The third-order valence-electron chi connectivity index (χ3n) is 7.87. The van der Waals surface area contributed by atoms with Crippen LogP contribution in [0, 0.1) is 6.92 Å². The van der Waals surface area contributed by atoms with E-state index in [1.807, 2.05) is 37.3 Å². The lowest BCUT2D eigenvalue weighted by molar-refractivity contribution is -0.147. The van der Waals surface area contributed by atoms with E-state index in [0.717, 1.165) is 11.1 Å². The van der Waals surface area contributed by atoms with E-state index in [1.165, 1.54) is 12.0 Å². The first-order valence-corrected chi connectivity index (χ1v) is 15.6. The van der Waals surface area contributed by atoms with Crippen LogP contribution < -0.4 is 25.6 Å². The number of hydrogen-bond donors (Lipinski definition) is 4. The minimum atomic E-state index is -1.19. The molecule has 4 aromatic carbocycles. The van der Waals surface area contributed by atoms with E-state index in [9.17, 15) is 24.3 Å². The smallest absolute Gasteiger partial charge is 0.323 e. The van der Waals surface area contributed by atoms with Gasteiger partial charge >= 0.3 is 12.0 Å². The highest BCUT2D eigenvalue weighted by atomic mass is 35.5. The van der Waals surface area contributed by atoms with Crippen LogP contribution in [0.2, 0.25) is 5.02 Å². The first-order chi connectivity index (χ1) is 23.0. The van der Waals surface area contributed by atoms with Crippen LogP contribution in [0.15, 0.2) is 84.9 Å². The molecule has 0 fully saturated rings. The number of carboxylic acid groups (broad SMARTS) is 1. The molecule has 0 bridgehead atoms. The fraction of sp³-hybridized carbons (Fsp3) is 0.222. The third-order valence-corrected chi connectivity index (χ3v) is 8.23. The molecule has 248 valence electrons. The van der Waals surface area contributed by atoms with Crippen molar-refractivity contribution in [2.24, 2.45) is 0 Å². The zero-order valence-corrected chi connectivity index (χ0v) is 27.3. The predicted molar refractivity (Wildman–Crippen MR) is 184 cm³/mol. The van der Waals surface area contributed by atoms with Gasteiger partial charge in [-0.3, -0.25) is 14.4 Å². The number of nitrogens with one attached hydrogen (secondary N) is 3. The summed E-state index contributed by atoms with van der Waals surface area (Å²) >= 11 is 6.56. The molecule has 12 heteroatoms. The highest BCUT2D eigenvalue weighted by Gasteiger charge is 2.35. The van der Waals surface area contributed by atoms with Crippen molar-refractivity contribution in [1.29, 1.82) is 0 Å². The second-order valence-electron chi connectivity index (χ2n) is 11.3. The number of urea groups is 1. The summed E-state index contributed by atoms with van der Waals surface area (Å²) in [5, 5.41) is 18.2. The summed E-state index contributed by atoms with van der Waals surface area (Å²) in [5.41, 5.74) is 5.02. The lowest BCUT2D eigenvalue weighted by atomic mass is 10.1. The van der Waals surface area contributed by atoms with Gasteiger partial charge in [0.05, 0.1) is 38.3 Å². The average Bonchev–Trinajstić information content (AvgIpc) is 3.14. The molecular weight excluding hydrogens is 636 g/mol. The van der Waals surface area contributed by atoms with Crippen molar-refractivity contribution in [2.75, 3.05) is 28.0 Å². The molecule has 0 saturated heterocycles. The first-order valence-electron chi connectivity index (χ1n) is 15.2. The maximum Gasteiger partial charge on any atom is 0.323 e. The summed E-state index contributed by atoms with van der Waals surface area (Å²) in [4.78, 5) is 52.3. The van der Waals surface area contributed by atoms with Crippen LogP contribution in [-0.2, 0) is 32.1 Å². The third kappa shape index (κ3) is 8.11. The van der Waals surface area contributed by atoms with Gasteiger partial charge in [0, 0.05) is 27.6 Å². The monoisotopic (exact) mass is 670 g/mol. The van der Waals surface area contributed by atoms with Crippen LogP contribution in [0.4, 0.5) is 27.5 Å². The molecular formula is C36H35ClN4O7. The standard InChI is InChI=1S/C36H35ClN4O7/c1-21-8-4-6-10-28(21)39-36(46)40-29-15-12-23(16-31(29)47-3)17-33(42)38-25-13-14-27(37)24(18-25)20-41-30-11-7-5-9-26(30)22(2)48-32(35(41)45)19-34(43)44/h4-16,18,22,32H,17,19-20H2,1-3H3,(H,38,42)(H,43,44)(H2,39,40,46). The molecule has 0 saturated carbocycles. The highest BCUT2D eigenvalue weighted by molar-refractivity contribution is 6.31. The topological polar surface area (TPSA) is 146 Å². The number of nitrogens with zero attached hydrogens (tertiary/aromatic N) is 1. The molecule has 4 aromatic rings. The Labute approximate surface area is 282 Å². The van der Waals surface area contributed by atoms with Crippen LogP contribution in [-0.4, -0.2) is 42.1 Å². The van der Waals surface area contributed by atoms with Crippen molar-refractivity contribution in [2.45, 2.75) is 45.4 Å². The van der Waals surface area contributed by atoms with E-state index >= 15 is 0 Å². The molecule has 2 unspecified atom stereocenters. The molecule has 1 heterocycles.